The molecule has 0 unspecified atom stereocenters. The summed E-state index contributed by atoms with van der Waals surface area (Å²) in [4.78, 5) is 21.2. The quantitative estimate of drug-likeness (QED) is 0.360. The first-order valence-electron chi connectivity index (χ1n) is 5.32. The van der Waals surface area contributed by atoms with E-state index in [0.29, 0.717) is 26.4 Å². The molecule has 7 nitrogen and oxygen atoms in total. The number of rotatable bonds is 11. The number of terminal acetylenes is 1. The fourth-order valence-corrected chi connectivity index (χ4v) is 0.896. The van der Waals surface area contributed by atoms with Gasteiger partial charge in [0.15, 0.2) is 0 Å². The van der Waals surface area contributed by atoms with Gasteiger partial charge in [-0.1, -0.05) is 5.92 Å². The van der Waals surface area contributed by atoms with Crippen LogP contribution in [0.15, 0.2) is 0 Å². The Morgan fingerprint density at radius 3 is 2.50 bits per heavy atom. The van der Waals surface area contributed by atoms with Crippen molar-refractivity contribution in [1.29, 1.82) is 0 Å². The number of ether oxygens (including phenoxy) is 3. The summed E-state index contributed by atoms with van der Waals surface area (Å²) in [6.45, 7) is 0.941. The van der Waals surface area contributed by atoms with E-state index in [2.05, 4.69) is 16.0 Å². The predicted octanol–water partition coefficient (Wildman–Crippen LogP) is -1.13. The number of hydrogen-bond donors (Lipinski definition) is 2. The predicted molar refractivity (Wildman–Crippen MR) is 61.9 cm³/mol. The van der Waals surface area contributed by atoms with Crippen molar-refractivity contribution in [3.63, 3.8) is 0 Å². The van der Waals surface area contributed by atoms with Gasteiger partial charge in [-0.15, -0.1) is 6.42 Å². The minimum Gasteiger partial charge on any atom is -0.480 e. The van der Waals surface area contributed by atoms with E-state index in [4.69, 9.17) is 21.0 Å². The molecule has 0 saturated carbocycles. The molecule has 0 bridgehead atoms. The zero-order chi connectivity index (χ0) is 13.6. The Bertz CT molecular complexity index is 286. The standard InChI is InChI=1S/C11H17NO6/c1-2-4-16-6-7-17-5-3-12-10(13)8-18-9-11(14)15/h1H,3-9H2,(H,12,13)(H,14,15). The second-order valence-electron chi connectivity index (χ2n) is 3.11. The highest BCUT2D eigenvalue weighted by Gasteiger charge is 2.02. The molecule has 0 aliphatic heterocycles. The smallest absolute Gasteiger partial charge is 0.329 e. The Balaban J connectivity index is 3.20. The molecule has 0 atom stereocenters. The molecule has 0 aromatic rings. The van der Waals surface area contributed by atoms with E-state index in [9.17, 15) is 9.59 Å². The number of aliphatic carboxylic acids is 1. The summed E-state index contributed by atoms with van der Waals surface area (Å²) in [5.41, 5.74) is 0. The second-order valence-corrected chi connectivity index (χ2v) is 3.11. The van der Waals surface area contributed by atoms with E-state index < -0.39 is 12.6 Å². The SMILES string of the molecule is C#CCOCCOCCNC(=O)COCC(=O)O. The van der Waals surface area contributed by atoms with Crippen LogP contribution in [0.1, 0.15) is 0 Å². The van der Waals surface area contributed by atoms with Crippen molar-refractivity contribution in [2.75, 3.05) is 46.2 Å². The third-order valence-corrected chi connectivity index (χ3v) is 1.58. The average Bonchev–Trinajstić information content (AvgIpc) is 2.32. The van der Waals surface area contributed by atoms with Crippen molar-refractivity contribution in [3.05, 3.63) is 0 Å². The molecule has 0 heterocycles. The molecule has 0 aromatic heterocycles. The van der Waals surface area contributed by atoms with E-state index >= 15 is 0 Å². The maximum absolute atomic E-state index is 11.1. The summed E-state index contributed by atoms with van der Waals surface area (Å²) >= 11 is 0. The number of carboxylic acids is 1. The molecule has 0 aliphatic carbocycles. The van der Waals surface area contributed by atoms with Crippen LogP contribution in [0.2, 0.25) is 0 Å². The second kappa shape index (κ2) is 11.9. The summed E-state index contributed by atoms with van der Waals surface area (Å²) in [6.07, 6.45) is 4.97. The Morgan fingerprint density at radius 2 is 1.83 bits per heavy atom. The maximum atomic E-state index is 11.1. The van der Waals surface area contributed by atoms with Gasteiger partial charge in [0.2, 0.25) is 5.91 Å². The molecule has 0 radical (unpaired) electrons. The molecular weight excluding hydrogens is 242 g/mol. The van der Waals surface area contributed by atoms with E-state index in [1.165, 1.54) is 0 Å². The van der Waals surface area contributed by atoms with Gasteiger partial charge in [0.1, 0.15) is 19.8 Å². The molecule has 7 heteroatoms. The van der Waals surface area contributed by atoms with E-state index in [0.717, 1.165) is 0 Å². The molecule has 0 fully saturated rings. The van der Waals surface area contributed by atoms with Gasteiger partial charge in [-0.25, -0.2) is 4.79 Å². The van der Waals surface area contributed by atoms with Crippen LogP contribution < -0.4 is 5.32 Å². The van der Waals surface area contributed by atoms with Crippen LogP contribution in [-0.4, -0.2) is 63.2 Å². The highest BCUT2D eigenvalue weighted by Crippen LogP contribution is 1.79. The Labute approximate surface area is 105 Å². The third kappa shape index (κ3) is 12.4. The fourth-order valence-electron chi connectivity index (χ4n) is 0.896. The summed E-state index contributed by atoms with van der Waals surface area (Å²) in [5.74, 6) is 0.823. The van der Waals surface area contributed by atoms with E-state index in [-0.39, 0.29) is 19.1 Å². The van der Waals surface area contributed by atoms with Crippen LogP contribution >= 0.6 is 0 Å². The van der Waals surface area contributed by atoms with Crippen molar-refractivity contribution in [3.8, 4) is 12.3 Å². The average molecular weight is 259 g/mol. The Hall–Kier alpha value is -1.62. The lowest BCUT2D eigenvalue weighted by Gasteiger charge is -2.06. The van der Waals surface area contributed by atoms with Gasteiger partial charge in [0, 0.05) is 6.54 Å². The summed E-state index contributed by atoms with van der Waals surface area (Å²) in [5, 5.41) is 10.8. The van der Waals surface area contributed by atoms with Crippen molar-refractivity contribution >= 4 is 11.9 Å². The van der Waals surface area contributed by atoms with Crippen molar-refractivity contribution in [2.45, 2.75) is 0 Å². The third-order valence-electron chi connectivity index (χ3n) is 1.58. The Kier molecular flexibility index (Phi) is 10.8. The molecule has 102 valence electrons. The maximum Gasteiger partial charge on any atom is 0.329 e. The lowest BCUT2D eigenvalue weighted by atomic mass is 10.6. The first kappa shape index (κ1) is 16.4. The fraction of sp³-hybridized carbons (Fsp3) is 0.636. The summed E-state index contributed by atoms with van der Waals surface area (Å²) in [7, 11) is 0. The molecule has 2 N–H and O–H groups in total. The van der Waals surface area contributed by atoms with Crippen LogP contribution in [0.3, 0.4) is 0 Å². The minimum atomic E-state index is -1.11. The van der Waals surface area contributed by atoms with Gasteiger partial charge < -0.3 is 24.6 Å². The summed E-state index contributed by atoms with van der Waals surface area (Å²) in [6, 6.07) is 0. The molecule has 0 aliphatic rings. The zero-order valence-electron chi connectivity index (χ0n) is 10.0. The molecule has 1 amide bonds. The number of carbonyl (C=O) groups excluding carboxylic acids is 1. The van der Waals surface area contributed by atoms with Crippen molar-refractivity contribution in [1.82, 2.24) is 5.32 Å². The summed E-state index contributed by atoms with van der Waals surface area (Å²) < 4.78 is 14.7. The van der Waals surface area contributed by atoms with Crippen LogP contribution in [-0.2, 0) is 23.8 Å². The number of amides is 1. The van der Waals surface area contributed by atoms with Gasteiger partial charge in [-0.2, -0.15) is 0 Å². The number of carbonyl (C=O) groups is 2. The van der Waals surface area contributed by atoms with Crippen LogP contribution in [0.5, 0.6) is 0 Å². The molecule has 0 aromatic carbocycles. The van der Waals surface area contributed by atoms with Gasteiger partial charge in [-0.3, -0.25) is 4.79 Å². The molecule has 0 saturated heterocycles. The highest BCUT2D eigenvalue weighted by atomic mass is 16.5. The first-order chi connectivity index (χ1) is 8.66. The molecule has 0 spiro atoms. The van der Waals surface area contributed by atoms with E-state index in [1.807, 2.05) is 0 Å². The number of nitrogens with one attached hydrogen (secondary N) is 1. The van der Waals surface area contributed by atoms with Crippen LogP contribution in [0.4, 0.5) is 0 Å². The van der Waals surface area contributed by atoms with Gasteiger partial charge >= 0.3 is 5.97 Å². The van der Waals surface area contributed by atoms with Crippen molar-refractivity contribution in [2.24, 2.45) is 0 Å². The van der Waals surface area contributed by atoms with Gasteiger partial charge in [-0.05, 0) is 0 Å². The number of hydrogen-bond acceptors (Lipinski definition) is 5. The van der Waals surface area contributed by atoms with E-state index in [1.54, 1.807) is 0 Å². The lowest BCUT2D eigenvalue weighted by molar-refractivity contribution is -0.143. The van der Waals surface area contributed by atoms with Gasteiger partial charge in [0.05, 0.1) is 19.8 Å². The minimum absolute atomic E-state index is 0.251. The zero-order valence-corrected chi connectivity index (χ0v) is 10.0. The van der Waals surface area contributed by atoms with Crippen molar-refractivity contribution < 1.29 is 28.9 Å². The monoisotopic (exact) mass is 259 g/mol. The normalized spacial score (nSPS) is 9.72. The van der Waals surface area contributed by atoms with Crippen LogP contribution in [0.25, 0.3) is 0 Å². The molecule has 18 heavy (non-hydrogen) atoms. The topological polar surface area (TPSA) is 94.1 Å². The Morgan fingerprint density at radius 1 is 1.11 bits per heavy atom. The van der Waals surface area contributed by atoms with Crippen LogP contribution in [0, 0.1) is 12.3 Å². The molecular formula is C11H17NO6. The number of carboxylic acid groups (broad SMARTS) is 1. The molecule has 0 rings (SSSR count). The lowest BCUT2D eigenvalue weighted by Crippen LogP contribution is -2.31. The highest BCUT2D eigenvalue weighted by molar-refractivity contribution is 5.77. The largest absolute Gasteiger partial charge is 0.480 e. The first-order valence-corrected chi connectivity index (χ1v) is 5.32. The van der Waals surface area contributed by atoms with Gasteiger partial charge in [0.25, 0.3) is 0 Å².